The molecule has 2 aromatic carbocycles. The van der Waals surface area contributed by atoms with Gasteiger partial charge in [0.15, 0.2) is 6.23 Å². The lowest BCUT2D eigenvalue weighted by Gasteiger charge is -2.35. The number of amidine groups is 1. The van der Waals surface area contributed by atoms with E-state index in [-0.39, 0.29) is 0 Å². The number of thiophene rings is 1. The Kier molecular flexibility index (Phi) is 6.90. The van der Waals surface area contributed by atoms with Crippen molar-refractivity contribution < 1.29 is 14.6 Å². The molecular formula is C28H31N3O3S. The number of aliphatic hydroxyl groups excluding tert-OH is 1. The molecular weight excluding hydrogens is 458 g/mol. The molecule has 0 radical (unpaired) electrons. The second-order valence-corrected chi connectivity index (χ2v) is 9.98. The van der Waals surface area contributed by atoms with Gasteiger partial charge in [0, 0.05) is 30.3 Å². The lowest BCUT2D eigenvalue weighted by Crippen LogP contribution is -2.40. The maximum Gasteiger partial charge on any atom is 0.157 e. The summed E-state index contributed by atoms with van der Waals surface area (Å²) in [5.41, 5.74) is 10.3. The van der Waals surface area contributed by atoms with Crippen LogP contribution in [0.3, 0.4) is 0 Å². The van der Waals surface area contributed by atoms with Crippen molar-refractivity contribution in [3.63, 3.8) is 0 Å². The molecule has 0 bridgehead atoms. The normalized spacial score (nSPS) is 19.5. The molecule has 0 amide bonds. The minimum Gasteiger partial charge on any atom is -0.497 e. The number of ether oxygens (including phenoxy) is 2. The van der Waals surface area contributed by atoms with Crippen LogP contribution in [0.5, 0.6) is 0 Å². The molecule has 3 aromatic rings. The van der Waals surface area contributed by atoms with Crippen LogP contribution in [0.2, 0.25) is 0 Å². The molecule has 0 saturated heterocycles. The molecule has 2 aliphatic rings. The molecule has 6 nitrogen and oxygen atoms in total. The number of nitrogens with two attached hydrogens (primary N) is 1. The summed E-state index contributed by atoms with van der Waals surface area (Å²) >= 11 is 1.55. The van der Waals surface area contributed by atoms with Crippen LogP contribution >= 0.6 is 11.3 Å². The topological polar surface area (TPSA) is 80.3 Å². The standard InChI is InChI=1S/C28H31N3O3S/c1-33-17-23-30-27-25(28(32)31(23)15-14-18-8-11-21(34-2)12-9-18)24-20(10-13-22(29)26(24)35-27)16-19-6-4-3-5-7-19/h3-8,10-13,18,28,32H,9,14-17,29H2,1-2H3/t18?,28-/m0/s1. The Labute approximate surface area is 210 Å². The van der Waals surface area contributed by atoms with Gasteiger partial charge in [-0.2, -0.15) is 0 Å². The number of rotatable bonds is 8. The van der Waals surface area contributed by atoms with E-state index < -0.39 is 6.23 Å². The van der Waals surface area contributed by atoms with Crippen LogP contribution in [0, 0.1) is 5.92 Å². The zero-order valence-corrected chi connectivity index (χ0v) is 20.9. The Bertz CT molecular complexity index is 1300. The highest BCUT2D eigenvalue weighted by atomic mass is 32.1. The van der Waals surface area contributed by atoms with E-state index in [2.05, 4.69) is 42.5 Å². The molecule has 7 heteroatoms. The molecule has 1 aromatic heterocycles. The first-order chi connectivity index (χ1) is 17.1. The van der Waals surface area contributed by atoms with E-state index in [0.717, 1.165) is 57.1 Å². The highest BCUT2D eigenvalue weighted by Gasteiger charge is 2.33. The first-order valence-corrected chi connectivity index (χ1v) is 12.7. The van der Waals surface area contributed by atoms with E-state index in [4.69, 9.17) is 20.2 Å². The fourth-order valence-corrected chi connectivity index (χ4v) is 6.07. The quantitative estimate of drug-likeness (QED) is 0.405. The largest absolute Gasteiger partial charge is 0.497 e. The van der Waals surface area contributed by atoms with E-state index in [9.17, 15) is 5.11 Å². The smallest absolute Gasteiger partial charge is 0.157 e. The number of fused-ring (bicyclic) bond motifs is 3. The van der Waals surface area contributed by atoms with Crippen molar-refractivity contribution in [2.75, 3.05) is 33.1 Å². The van der Waals surface area contributed by atoms with Crippen molar-refractivity contribution in [3.8, 4) is 0 Å². The molecule has 0 spiro atoms. The van der Waals surface area contributed by atoms with Gasteiger partial charge in [-0.15, -0.1) is 11.3 Å². The maximum atomic E-state index is 11.7. The van der Waals surface area contributed by atoms with Crippen LogP contribution < -0.4 is 5.73 Å². The van der Waals surface area contributed by atoms with Crippen molar-refractivity contribution in [2.24, 2.45) is 10.9 Å². The number of aliphatic imine (C=N–C) groups is 1. The molecule has 182 valence electrons. The maximum absolute atomic E-state index is 11.7. The van der Waals surface area contributed by atoms with Crippen molar-refractivity contribution in [2.45, 2.75) is 25.5 Å². The Morgan fingerprint density at radius 2 is 2.00 bits per heavy atom. The summed E-state index contributed by atoms with van der Waals surface area (Å²) in [5, 5.41) is 13.5. The zero-order chi connectivity index (χ0) is 24.4. The van der Waals surface area contributed by atoms with Crippen molar-refractivity contribution >= 4 is 37.9 Å². The highest BCUT2D eigenvalue weighted by molar-refractivity contribution is 7.23. The number of benzene rings is 2. The van der Waals surface area contributed by atoms with Crippen LogP contribution in [0.1, 0.15) is 35.8 Å². The van der Waals surface area contributed by atoms with Gasteiger partial charge in [-0.1, -0.05) is 42.5 Å². The summed E-state index contributed by atoms with van der Waals surface area (Å²) in [6, 6.07) is 14.4. The molecule has 2 atom stereocenters. The first-order valence-electron chi connectivity index (χ1n) is 11.9. The minimum absolute atomic E-state index is 0.339. The van der Waals surface area contributed by atoms with Crippen molar-refractivity contribution in [3.05, 3.63) is 83.1 Å². The molecule has 5 rings (SSSR count). The predicted molar refractivity (Wildman–Crippen MR) is 143 cm³/mol. The average Bonchev–Trinajstić information content (AvgIpc) is 3.27. The number of methoxy groups -OCH3 is 2. The van der Waals surface area contributed by atoms with Crippen LogP contribution in [-0.2, 0) is 15.9 Å². The minimum atomic E-state index is -0.810. The fourth-order valence-electron chi connectivity index (χ4n) is 4.88. The van der Waals surface area contributed by atoms with Gasteiger partial charge in [0.2, 0.25) is 0 Å². The third kappa shape index (κ3) is 4.72. The van der Waals surface area contributed by atoms with E-state index in [1.807, 2.05) is 23.1 Å². The molecule has 1 aliphatic carbocycles. The van der Waals surface area contributed by atoms with Gasteiger partial charge < -0.3 is 25.2 Å². The summed E-state index contributed by atoms with van der Waals surface area (Å²) in [7, 11) is 3.35. The Balaban J connectivity index is 1.49. The predicted octanol–water partition coefficient (Wildman–Crippen LogP) is 5.55. The highest BCUT2D eigenvalue weighted by Crippen LogP contribution is 2.48. The summed E-state index contributed by atoms with van der Waals surface area (Å²) in [6.45, 7) is 1.01. The van der Waals surface area contributed by atoms with Gasteiger partial charge in [-0.25, -0.2) is 4.99 Å². The van der Waals surface area contributed by atoms with E-state index >= 15 is 0 Å². The van der Waals surface area contributed by atoms with Crippen LogP contribution in [-0.4, -0.2) is 43.2 Å². The lowest BCUT2D eigenvalue weighted by molar-refractivity contribution is 0.0437. The monoisotopic (exact) mass is 489 g/mol. The Morgan fingerprint density at radius 1 is 1.17 bits per heavy atom. The molecule has 35 heavy (non-hydrogen) atoms. The first kappa shape index (κ1) is 23.6. The number of hydrogen-bond donors (Lipinski definition) is 2. The fraction of sp³-hybridized carbons (Fsp3) is 0.321. The van der Waals surface area contributed by atoms with Gasteiger partial charge in [0.05, 0.1) is 11.8 Å². The van der Waals surface area contributed by atoms with E-state index in [0.29, 0.717) is 24.8 Å². The van der Waals surface area contributed by atoms with E-state index in [1.165, 1.54) is 5.56 Å². The van der Waals surface area contributed by atoms with Crippen molar-refractivity contribution in [1.29, 1.82) is 0 Å². The number of nitrogen functional groups attached to an aromatic ring is 1. The SMILES string of the molecule is COCC1=Nc2sc3c(N)ccc(Cc4ccccc4)c3c2[C@H](O)N1CCC1C=CC(OC)=CC1. The number of hydrogen-bond acceptors (Lipinski definition) is 7. The Hall–Kier alpha value is -3.13. The molecule has 2 heterocycles. The molecule has 1 unspecified atom stereocenters. The number of allylic oxidation sites excluding steroid dienone is 3. The molecule has 0 saturated carbocycles. The van der Waals surface area contributed by atoms with Gasteiger partial charge >= 0.3 is 0 Å². The summed E-state index contributed by atoms with van der Waals surface area (Å²) < 4.78 is 11.7. The summed E-state index contributed by atoms with van der Waals surface area (Å²) in [6.07, 6.45) is 8.09. The summed E-state index contributed by atoms with van der Waals surface area (Å²) in [4.78, 5) is 6.94. The van der Waals surface area contributed by atoms with Crippen LogP contribution in [0.4, 0.5) is 10.7 Å². The van der Waals surface area contributed by atoms with E-state index in [1.54, 1.807) is 25.6 Å². The zero-order valence-electron chi connectivity index (χ0n) is 20.1. The van der Waals surface area contributed by atoms with Crippen LogP contribution in [0.15, 0.2) is 71.4 Å². The second kappa shape index (κ2) is 10.2. The van der Waals surface area contributed by atoms with Gasteiger partial charge in [-0.05, 0) is 54.5 Å². The molecule has 0 fully saturated rings. The van der Waals surface area contributed by atoms with Crippen LogP contribution in [0.25, 0.3) is 10.1 Å². The molecule has 3 N–H and O–H groups in total. The average molecular weight is 490 g/mol. The van der Waals surface area contributed by atoms with Gasteiger partial charge in [0.25, 0.3) is 0 Å². The molecule has 1 aliphatic heterocycles. The van der Waals surface area contributed by atoms with Gasteiger partial charge in [0.1, 0.15) is 23.2 Å². The van der Waals surface area contributed by atoms with Crippen molar-refractivity contribution in [1.82, 2.24) is 4.90 Å². The Morgan fingerprint density at radius 3 is 2.71 bits per heavy atom. The number of anilines is 1. The third-order valence-electron chi connectivity index (χ3n) is 6.73. The second-order valence-electron chi connectivity index (χ2n) is 8.98. The third-order valence-corrected chi connectivity index (χ3v) is 7.88. The number of nitrogens with zero attached hydrogens (tertiary/aromatic N) is 2. The lowest BCUT2D eigenvalue weighted by atomic mass is 9.95. The van der Waals surface area contributed by atoms with Gasteiger partial charge in [-0.3, -0.25) is 0 Å². The summed E-state index contributed by atoms with van der Waals surface area (Å²) in [5.74, 6) is 2.03. The number of aliphatic hydroxyl groups is 1.